The lowest BCUT2D eigenvalue weighted by Crippen LogP contribution is -2.31. The topological polar surface area (TPSA) is 46.2 Å². The summed E-state index contributed by atoms with van der Waals surface area (Å²) in [7, 11) is -4.30. The van der Waals surface area contributed by atoms with Gasteiger partial charge in [-0.3, -0.25) is 0 Å². The van der Waals surface area contributed by atoms with E-state index in [4.69, 9.17) is 0 Å². The molecule has 2 aromatic rings. The number of halogens is 3. The highest BCUT2D eigenvalue weighted by Gasteiger charge is 2.28. The number of hydrogen-bond donors (Lipinski definition) is 1. The van der Waals surface area contributed by atoms with Crippen LogP contribution >= 0.6 is 0 Å². The van der Waals surface area contributed by atoms with Crippen LogP contribution in [0.2, 0.25) is 0 Å². The number of benzene rings is 2. The molecule has 0 fully saturated rings. The Balaban J connectivity index is 1.96. The fourth-order valence-electron chi connectivity index (χ4n) is 2.84. The van der Waals surface area contributed by atoms with Gasteiger partial charge >= 0.3 is 0 Å². The Morgan fingerprint density at radius 3 is 2.48 bits per heavy atom. The van der Waals surface area contributed by atoms with Crippen LogP contribution in [0.4, 0.5) is 13.2 Å². The van der Waals surface area contributed by atoms with Crippen LogP contribution < -0.4 is 4.72 Å². The van der Waals surface area contributed by atoms with Gasteiger partial charge in [0.15, 0.2) is 11.6 Å². The van der Waals surface area contributed by atoms with Crippen molar-refractivity contribution in [3.05, 3.63) is 65.0 Å². The second-order valence-electron chi connectivity index (χ2n) is 5.46. The van der Waals surface area contributed by atoms with Crippen molar-refractivity contribution in [3.8, 4) is 0 Å². The van der Waals surface area contributed by atoms with Crippen LogP contribution in [0, 0.1) is 17.5 Å². The highest BCUT2D eigenvalue weighted by Crippen LogP contribution is 2.31. The van der Waals surface area contributed by atoms with Crippen molar-refractivity contribution >= 4 is 10.0 Å². The van der Waals surface area contributed by atoms with E-state index in [1.165, 1.54) is 0 Å². The van der Waals surface area contributed by atoms with Crippen LogP contribution in [-0.4, -0.2) is 8.42 Å². The SMILES string of the molecule is O=S(=O)(NC1CCCc2ccccc21)c1cc(F)c(F)cc1F. The maximum Gasteiger partial charge on any atom is 0.244 e. The molecule has 2 aromatic carbocycles. The molecule has 0 aliphatic heterocycles. The highest BCUT2D eigenvalue weighted by molar-refractivity contribution is 7.89. The second kappa shape index (κ2) is 5.98. The Kier molecular flexibility index (Phi) is 4.16. The van der Waals surface area contributed by atoms with Gasteiger partial charge in [-0.2, -0.15) is 0 Å². The van der Waals surface area contributed by atoms with Gasteiger partial charge in [-0.1, -0.05) is 24.3 Å². The molecule has 0 heterocycles. The lowest BCUT2D eigenvalue weighted by atomic mass is 9.88. The van der Waals surface area contributed by atoms with Crippen molar-refractivity contribution in [1.29, 1.82) is 0 Å². The maximum atomic E-state index is 13.8. The molecule has 1 aliphatic rings. The van der Waals surface area contributed by atoms with Gasteiger partial charge in [-0.05, 0) is 36.5 Å². The smallest absolute Gasteiger partial charge is 0.207 e. The summed E-state index contributed by atoms with van der Waals surface area (Å²) in [6.07, 6.45) is 2.18. The summed E-state index contributed by atoms with van der Waals surface area (Å²) in [6.45, 7) is 0. The summed E-state index contributed by atoms with van der Waals surface area (Å²) in [4.78, 5) is -0.889. The molecular formula is C16H14F3NO2S. The Bertz CT molecular complexity index is 852. The third-order valence-electron chi connectivity index (χ3n) is 3.93. The molecule has 1 N–H and O–H groups in total. The van der Waals surface area contributed by atoms with Crippen molar-refractivity contribution < 1.29 is 21.6 Å². The van der Waals surface area contributed by atoms with E-state index in [0.717, 1.165) is 24.0 Å². The summed E-state index contributed by atoms with van der Waals surface area (Å²) >= 11 is 0. The average Bonchev–Trinajstić information content (AvgIpc) is 2.51. The Morgan fingerprint density at radius 1 is 1.00 bits per heavy atom. The van der Waals surface area contributed by atoms with Crippen LogP contribution in [0.15, 0.2) is 41.3 Å². The summed E-state index contributed by atoms with van der Waals surface area (Å²) in [6, 6.07) is 7.46. The van der Waals surface area contributed by atoms with Crippen LogP contribution in [0.25, 0.3) is 0 Å². The third kappa shape index (κ3) is 3.11. The minimum absolute atomic E-state index is 0.235. The molecule has 0 saturated heterocycles. The summed E-state index contributed by atoms with van der Waals surface area (Å²) in [5.41, 5.74) is 1.85. The first-order chi connectivity index (χ1) is 10.9. The first-order valence-electron chi connectivity index (χ1n) is 7.13. The van der Waals surface area contributed by atoms with Crippen molar-refractivity contribution in [3.63, 3.8) is 0 Å². The molecule has 122 valence electrons. The van der Waals surface area contributed by atoms with Crippen molar-refractivity contribution in [2.45, 2.75) is 30.2 Å². The number of nitrogens with one attached hydrogen (secondary N) is 1. The zero-order chi connectivity index (χ0) is 16.6. The van der Waals surface area contributed by atoms with E-state index in [0.29, 0.717) is 12.5 Å². The van der Waals surface area contributed by atoms with Crippen molar-refractivity contribution in [2.75, 3.05) is 0 Å². The van der Waals surface area contributed by atoms with Crippen molar-refractivity contribution in [1.82, 2.24) is 4.72 Å². The van der Waals surface area contributed by atoms with E-state index in [1.807, 2.05) is 18.2 Å². The number of fused-ring (bicyclic) bond motifs is 1. The van der Waals surface area contributed by atoms with E-state index in [9.17, 15) is 21.6 Å². The molecule has 0 radical (unpaired) electrons. The molecule has 0 bridgehead atoms. The van der Waals surface area contributed by atoms with E-state index in [-0.39, 0.29) is 6.07 Å². The number of hydrogen-bond acceptors (Lipinski definition) is 2. The van der Waals surface area contributed by atoms with Crippen LogP contribution in [-0.2, 0) is 16.4 Å². The molecule has 0 saturated carbocycles. The number of rotatable bonds is 3. The Labute approximate surface area is 132 Å². The van der Waals surface area contributed by atoms with E-state index >= 15 is 0 Å². The van der Waals surface area contributed by atoms with Gasteiger partial charge in [0.05, 0.1) is 0 Å². The quantitative estimate of drug-likeness (QED) is 0.869. The maximum absolute atomic E-state index is 13.8. The molecule has 23 heavy (non-hydrogen) atoms. The molecule has 1 aliphatic carbocycles. The normalized spacial score (nSPS) is 17.8. The molecule has 1 unspecified atom stereocenters. The second-order valence-corrected chi connectivity index (χ2v) is 7.14. The monoisotopic (exact) mass is 341 g/mol. The zero-order valence-electron chi connectivity index (χ0n) is 12.0. The summed E-state index contributed by atoms with van der Waals surface area (Å²) in [5.74, 6) is -4.15. The largest absolute Gasteiger partial charge is 0.244 e. The third-order valence-corrected chi connectivity index (χ3v) is 5.42. The minimum Gasteiger partial charge on any atom is -0.207 e. The molecule has 0 amide bonds. The molecule has 0 aromatic heterocycles. The summed E-state index contributed by atoms with van der Waals surface area (Å²) in [5, 5.41) is 0. The Morgan fingerprint density at radius 2 is 1.70 bits per heavy atom. The molecule has 3 nitrogen and oxygen atoms in total. The van der Waals surface area contributed by atoms with Gasteiger partial charge in [-0.25, -0.2) is 26.3 Å². The molecular weight excluding hydrogens is 327 g/mol. The first-order valence-corrected chi connectivity index (χ1v) is 8.61. The van der Waals surface area contributed by atoms with Gasteiger partial charge in [-0.15, -0.1) is 0 Å². The lowest BCUT2D eigenvalue weighted by molar-refractivity contribution is 0.475. The Hall–Kier alpha value is -1.86. The summed E-state index contributed by atoms with van der Waals surface area (Å²) < 4.78 is 67.1. The van der Waals surface area contributed by atoms with E-state index in [1.54, 1.807) is 6.07 Å². The van der Waals surface area contributed by atoms with Gasteiger partial charge in [0.25, 0.3) is 0 Å². The van der Waals surface area contributed by atoms with Crippen molar-refractivity contribution in [2.24, 2.45) is 0 Å². The van der Waals surface area contributed by atoms with E-state index < -0.39 is 38.4 Å². The highest BCUT2D eigenvalue weighted by atomic mass is 32.2. The predicted octanol–water partition coefficient (Wildman–Crippen LogP) is 3.46. The predicted molar refractivity (Wildman–Crippen MR) is 78.8 cm³/mol. The van der Waals surface area contributed by atoms with Gasteiger partial charge in [0.2, 0.25) is 10.0 Å². The van der Waals surface area contributed by atoms with Crippen LogP contribution in [0.3, 0.4) is 0 Å². The molecule has 0 spiro atoms. The minimum atomic E-state index is -4.30. The molecule has 3 rings (SSSR count). The van der Waals surface area contributed by atoms with Gasteiger partial charge < -0.3 is 0 Å². The number of sulfonamides is 1. The molecule has 7 heteroatoms. The number of aryl methyl sites for hydroxylation is 1. The van der Waals surface area contributed by atoms with Gasteiger partial charge in [0.1, 0.15) is 10.7 Å². The fourth-order valence-corrected chi connectivity index (χ4v) is 4.16. The zero-order valence-corrected chi connectivity index (χ0v) is 12.8. The average molecular weight is 341 g/mol. The lowest BCUT2D eigenvalue weighted by Gasteiger charge is -2.26. The first kappa shape index (κ1) is 16.0. The van der Waals surface area contributed by atoms with Crippen LogP contribution in [0.5, 0.6) is 0 Å². The van der Waals surface area contributed by atoms with Crippen LogP contribution in [0.1, 0.15) is 30.0 Å². The fraction of sp³-hybridized carbons (Fsp3) is 0.250. The standard InChI is InChI=1S/C16H14F3NO2S/c17-12-8-14(19)16(9-13(12)18)23(21,22)20-15-7-3-5-10-4-1-2-6-11(10)15/h1-2,4,6,8-9,15,20H,3,5,7H2. The van der Waals surface area contributed by atoms with Gasteiger partial charge in [0, 0.05) is 12.1 Å². The molecule has 1 atom stereocenters. The van der Waals surface area contributed by atoms with E-state index in [2.05, 4.69) is 4.72 Å².